The van der Waals surface area contributed by atoms with Gasteiger partial charge in [-0.2, -0.15) is 0 Å². The van der Waals surface area contributed by atoms with Gasteiger partial charge in [-0.15, -0.1) is 22.7 Å². The van der Waals surface area contributed by atoms with E-state index in [9.17, 15) is 0 Å². The fourth-order valence-corrected chi connectivity index (χ4v) is 3.64. The lowest BCUT2D eigenvalue weighted by atomic mass is 10.2. The first-order valence-electron chi connectivity index (χ1n) is 7.60. The second-order valence-corrected chi connectivity index (χ2v) is 7.37. The summed E-state index contributed by atoms with van der Waals surface area (Å²) < 4.78 is 5.77. The molecule has 3 rings (SSSR count). The van der Waals surface area contributed by atoms with Gasteiger partial charge in [0.05, 0.1) is 5.69 Å². The molecular weight excluding hydrogens is 324 g/mol. The number of ether oxygens (including phenoxy) is 1. The number of hydrogen-bond acceptors (Lipinski definition) is 5. The van der Waals surface area contributed by atoms with Gasteiger partial charge in [-0.3, -0.25) is 0 Å². The largest absolute Gasteiger partial charge is 0.486 e. The molecule has 0 spiro atoms. The van der Waals surface area contributed by atoms with Gasteiger partial charge in [0.2, 0.25) is 0 Å². The summed E-state index contributed by atoms with van der Waals surface area (Å²) in [6.07, 6.45) is 0. The molecule has 0 saturated carbocycles. The van der Waals surface area contributed by atoms with E-state index in [1.54, 1.807) is 22.7 Å². The van der Waals surface area contributed by atoms with Crippen molar-refractivity contribution < 1.29 is 4.74 Å². The molecule has 1 aromatic carbocycles. The standard InChI is InChI=1S/C18H20N2OS2/c1-13-5-7-16(8-6-13)21-11-18-20-15(12-23-18)10-19-14(2)17-4-3-9-22-17/h3-9,12,14,19H,10-11H2,1-2H3. The molecule has 0 aliphatic carbocycles. The van der Waals surface area contributed by atoms with Gasteiger partial charge in [0.1, 0.15) is 17.4 Å². The molecule has 1 N–H and O–H groups in total. The molecule has 0 radical (unpaired) electrons. The molecule has 1 atom stereocenters. The average Bonchev–Trinajstić information content (AvgIpc) is 3.24. The van der Waals surface area contributed by atoms with Gasteiger partial charge in [-0.1, -0.05) is 23.8 Å². The lowest BCUT2D eigenvalue weighted by molar-refractivity contribution is 0.305. The Bertz CT molecular complexity index is 720. The van der Waals surface area contributed by atoms with Gasteiger partial charge < -0.3 is 10.1 Å². The summed E-state index contributed by atoms with van der Waals surface area (Å²) in [7, 11) is 0. The van der Waals surface area contributed by atoms with Crippen molar-refractivity contribution in [1.82, 2.24) is 10.3 Å². The molecule has 2 aromatic heterocycles. The zero-order chi connectivity index (χ0) is 16.1. The molecular formula is C18H20N2OS2. The van der Waals surface area contributed by atoms with Crippen molar-refractivity contribution in [2.45, 2.75) is 33.0 Å². The van der Waals surface area contributed by atoms with Gasteiger partial charge >= 0.3 is 0 Å². The Balaban J connectivity index is 1.49. The fourth-order valence-electron chi connectivity index (χ4n) is 2.17. The number of nitrogens with one attached hydrogen (secondary N) is 1. The molecule has 0 aliphatic rings. The van der Waals surface area contributed by atoms with E-state index in [1.165, 1.54) is 10.4 Å². The van der Waals surface area contributed by atoms with Crippen LogP contribution < -0.4 is 10.1 Å². The minimum atomic E-state index is 0.351. The first-order valence-corrected chi connectivity index (χ1v) is 9.36. The Labute approximate surface area is 145 Å². The number of nitrogens with zero attached hydrogens (tertiary/aromatic N) is 1. The Morgan fingerprint density at radius 2 is 2.00 bits per heavy atom. The molecule has 3 nitrogen and oxygen atoms in total. The number of rotatable bonds is 7. The van der Waals surface area contributed by atoms with Crippen LogP contribution in [0.1, 0.15) is 34.1 Å². The lowest BCUT2D eigenvalue weighted by Gasteiger charge is -2.10. The third-order valence-electron chi connectivity index (χ3n) is 3.54. The highest BCUT2D eigenvalue weighted by Crippen LogP contribution is 2.19. The Hall–Kier alpha value is -1.69. The van der Waals surface area contributed by atoms with E-state index in [4.69, 9.17) is 4.74 Å². The van der Waals surface area contributed by atoms with Crippen molar-refractivity contribution in [3.05, 3.63) is 68.3 Å². The van der Waals surface area contributed by atoms with Gasteiger partial charge in [0.15, 0.2) is 0 Å². The highest BCUT2D eigenvalue weighted by Gasteiger charge is 2.08. The smallest absolute Gasteiger partial charge is 0.140 e. The Morgan fingerprint density at radius 1 is 1.17 bits per heavy atom. The predicted molar refractivity (Wildman–Crippen MR) is 97.2 cm³/mol. The Morgan fingerprint density at radius 3 is 2.74 bits per heavy atom. The topological polar surface area (TPSA) is 34.1 Å². The maximum atomic E-state index is 5.77. The summed E-state index contributed by atoms with van der Waals surface area (Å²) in [6, 6.07) is 12.7. The monoisotopic (exact) mass is 344 g/mol. The van der Waals surface area contributed by atoms with Crippen LogP contribution in [0.2, 0.25) is 0 Å². The number of hydrogen-bond donors (Lipinski definition) is 1. The molecule has 3 aromatic rings. The Kier molecular flexibility index (Phi) is 5.43. The van der Waals surface area contributed by atoms with Crippen molar-refractivity contribution in [3.63, 3.8) is 0 Å². The normalized spacial score (nSPS) is 12.3. The summed E-state index contributed by atoms with van der Waals surface area (Å²) in [5.41, 5.74) is 2.31. The highest BCUT2D eigenvalue weighted by molar-refractivity contribution is 7.10. The summed E-state index contributed by atoms with van der Waals surface area (Å²) in [6.45, 7) is 5.55. The molecule has 2 heterocycles. The minimum Gasteiger partial charge on any atom is -0.486 e. The summed E-state index contributed by atoms with van der Waals surface area (Å²) in [5.74, 6) is 0.886. The molecule has 0 amide bonds. The van der Waals surface area contributed by atoms with Crippen molar-refractivity contribution in [1.29, 1.82) is 0 Å². The van der Waals surface area contributed by atoms with Crippen LogP contribution in [-0.2, 0) is 13.2 Å². The van der Waals surface area contributed by atoms with Crippen molar-refractivity contribution in [2.24, 2.45) is 0 Å². The number of thiophene rings is 1. The van der Waals surface area contributed by atoms with E-state index in [0.29, 0.717) is 12.6 Å². The van der Waals surface area contributed by atoms with E-state index < -0.39 is 0 Å². The van der Waals surface area contributed by atoms with Crippen molar-refractivity contribution in [2.75, 3.05) is 0 Å². The zero-order valence-corrected chi connectivity index (χ0v) is 14.9. The van der Waals surface area contributed by atoms with Gasteiger partial charge in [-0.25, -0.2) is 4.98 Å². The van der Waals surface area contributed by atoms with Crippen LogP contribution >= 0.6 is 22.7 Å². The second kappa shape index (κ2) is 7.73. The first kappa shape index (κ1) is 16.2. The van der Waals surface area contributed by atoms with Gasteiger partial charge in [0.25, 0.3) is 0 Å². The van der Waals surface area contributed by atoms with E-state index in [2.05, 4.69) is 59.2 Å². The molecule has 1 unspecified atom stereocenters. The van der Waals surface area contributed by atoms with E-state index in [0.717, 1.165) is 23.0 Å². The average molecular weight is 345 g/mol. The molecule has 0 bridgehead atoms. The van der Waals surface area contributed by atoms with Crippen LogP contribution in [0, 0.1) is 6.92 Å². The fraction of sp³-hybridized carbons (Fsp3) is 0.278. The second-order valence-electron chi connectivity index (χ2n) is 5.45. The van der Waals surface area contributed by atoms with Crippen LogP contribution in [0.4, 0.5) is 0 Å². The molecule has 0 fully saturated rings. The van der Waals surface area contributed by atoms with Gasteiger partial charge in [0, 0.05) is 22.8 Å². The van der Waals surface area contributed by atoms with Crippen LogP contribution in [-0.4, -0.2) is 4.98 Å². The quantitative estimate of drug-likeness (QED) is 0.659. The van der Waals surface area contributed by atoms with E-state index >= 15 is 0 Å². The summed E-state index contributed by atoms with van der Waals surface area (Å²) in [4.78, 5) is 5.98. The van der Waals surface area contributed by atoms with Crippen LogP contribution in [0.25, 0.3) is 0 Å². The molecule has 23 heavy (non-hydrogen) atoms. The van der Waals surface area contributed by atoms with Gasteiger partial charge in [-0.05, 0) is 37.4 Å². The lowest BCUT2D eigenvalue weighted by Crippen LogP contribution is -2.17. The first-order chi connectivity index (χ1) is 11.2. The molecule has 0 saturated heterocycles. The number of aryl methyl sites for hydroxylation is 1. The number of benzene rings is 1. The van der Waals surface area contributed by atoms with Crippen molar-refractivity contribution >= 4 is 22.7 Å². The summed E-state index contributed by atoms with van der Waals surface area (Å²) >= 11 is 3.43. The zero-order valence-electron chi connectivity index (χ0n) is 13.3. The molecule has 0 aliphatic heterocycles. The SMILES string of the molecule is Cc1ccc(OCc2nc(CNC(C)c3cccs3)cs2)cc1. The van der Waals surface area contributed by atoms with Crippen LogP contribution in [0.3, 0.4) is 0 Å². The summed E-state index contributed by atoms with van der Waals surface area (Å²) in [5, 5.41) is 8.72. The van der Waals surface area contributed by atoms with Crippen LogP contribution in [0.5, 0.6) is 5.75 Å². The third kappa shape index (κ3) is 4.64. The minimum absolute atomic E-state index is 0.351. The van der Waals surface area contributed by atoms with E-state index in [1.807, 2.05) is 12.1 Å². The van der Waals surface area contributed by atoms with Crippen LogP contribution in [0.15, 0.2) is 47.2 Å². The maximum absolute atomic E-state index is 5.77. The predicted octanol–water partition coefficient (Wildman–Crippen LogP) is 4.94. The molecule has 5 heteroatoms. The van der Waals surface area contributed by atoms with Crippen molar-refractivity contribution in [3.8, 4) is 5.75 Å². The number of aromatic nitrogens is 1. The maximum Gasteiger partial charge on any atom is 0.140 e. The third-order valence-corrected chi connectivity index (χ3v) is 5.47. The number of thiazole rings is 1. The molecule has 120 valence electrons. The van der Waals surface area contributed by atoms with E-state index in [-0.39, 0.29) is 0 Å². The highest BCUT2D eigenvalue weighted by atomic mass is 32.1.